The molecule has 0 spiro atoms. The van der Waals surface area contributed by atoms with E-state index in [0.717, 1.165) is 12.3 Å². The van der Waals surface area contributed by atoms with Crippen molar-refractivity contribution in [3.05, 3.63) is 0 Å². The number of carbonyl (C=O) groups is 1. The van der Waals surface area contributed by atoms with Crippen molar-refractivity contribution in [3.8, 4) is 0 Å². The second-order valence-corrected chi connectivity index (χ2v) is 4.77. The maximum atomic E-state index is 11.5. The first-order chi connectivity index (χ1) is 7.13. The molecule has 1 aliphatic rings. The molecular weight excluding hydrogens is 188 g/mol. The van der Waals surface area contributed by atoms with Gasteiger partial charge in [-0.15, -0.1) is 0 Å². The zero-order chi connectivity index (χ0) is 11.3. The number of carbonyl (C=O) groups excluding carboxylic acids is 1. The van der Waals surface area contributed by atoms with Gasteiger partial charge in [0.25, 0.3) is 0 Å². The molecule has 15 heavy (non-hydrogen) atoms. The lowest BCUT2D eigenvalue weighted by Gasteiger charge is -2.18. The van der Waals surface area contributed by atoms with Gasteiger partial charge in [0, 0.05) is 12.1 Å². The predicted octanol–water partition coefficient (Wildman–Crippen LogP) is 1.68. The van der Waals surface area contributed by atoms with Crippen molar-refractivity contribution in [1.29, 1.82) is 0 Å². The zero-order valence-corrected chi connectivity index (χ0v) is 10.2. The van der Waals surface area contributed by atoms with Crippen LogP contribution in [0.15, 0.2) is 0 Å². The highest BCUT2D eigenvalue weighted by Crippen LogP contribution is 2.24. The van der Waals surface area contributed by atoms with Crippen molar-refractivity contribution in [2.45, 2.75) is 58.5 Å². The Hall–Kier alpha value is -0.570. The largest absolute Gasteiger partial charge is 0.353 e. The lowest BCUT2D eigenvalue weighted by atomic mass is 10.1. The number of nitrogens with one attached hydrogen (secondary N) is 2. The average molecular weight is 212 g/mol. The predicted molar refractivity (Wildman–Crippen MR) is 62.7 cm³/mol. The van der Waals surface area contributed by atoms with E-state index in [1.165, 1.54) is 19.3 Å². The summed E-state index contributed by atoms with van der Waals surface area (Å²) in [6, 6.07) is 0.841. The Labute approximate surface area is 93.0 Å². The van der Waals surface area contributed by atoms with Crippen molar-refractivity contribution in [2.24, 2.45) is 5.92 Å². The van der Waals surface area contributed by atoms with Crippen LogP contribution in [-0.4, -0.2) is 24.5 Å². The van der Waals surface area contributed by atoms with Gasteiger partial charge >= 0.3 is 0 Å². The van der Waals surface area contributed by atoms with Gasteiger partial charge in [-0.1, -0.05) is 20.3 Å². The molecule has 0 radical (unpaired) electrons. The summed E-state index contributed by atoms with van der Waals surface area (Å²) >= 11 is 0. The molecule has 0 bridgehead atoms. The quantitative estimate of drug-likeness (QED) is 0.728. The monoisotopic (exact) mass is 212 g/mol. The van der Waals surface area contributed by atoms with Gasteiger partial charge in [-0.3, -0.25) is 4.79 Å². The molecule has 0 heterocycles. The fraction of sp³-hybridized carbons (Fsp3) is 0.917. The Morgan fingerprint density at radius 2 is 2.20 bits per heavy atom. The SMILES string of the molecule is CCC(C)NC(=O)CNC1CCCC1C. The maximum absolute atomic E-state index is 11.5. The molecule has 0 aromatic heterocycles. The van der Waals surface area contributed by atoms with Crippen LogP contribution in [0.1, 0.15) is 46.5 Å². The Kier molecular flexibility index (Phi) is 5.09. The minimum atomic E-state index is 0.128. The van der Waals surface area contributed by atoms with Crippen molar-refractivity contribution >= 4 is 5.91 Å². The van der Waals surface area contributed by atoms with Crippen LogP contribution in [0.2, 0.25) is 0 Å². The van der Waals surface area contributed by atoms with Gasteiger partial charge in [-0.2, -0.15) is 0 Å². The summed E-state index contributed by atoms with van der Waals surface area (Å²) in [5.41, 5.74) is 0. The van der Waals surface area contributed by atoms with E-state index in [9.17, 15) is 4.79 Å². The highest BCUT2D eigenvalue weighted by atomic mass is 16.1. The molecule has 0 saturated heterocycles. The molecule has 88 valence electrons. The van der Waals surface area contributed by atoms with Gasteiger partial charge in [0.05, 0.1) is 6.54 Å². The summed E-state index contributed by atoms with van der Waals surface area (Å²) in [6.07, 6.45) is 4.81. The highest BCUT2D eigenvalue weighted by Gasteiger charge is 2.23. The van der Waals surface area contributed by atoms with E-state index in [1.807, 2.05) is 6.92 Å². The molecule has 1 aliphatic carbocycles. The molecule has 2 N–H and O–H groups in total. The third kappa shape index (κ3) is 4.20. The van der Waals surface area contributed by atoms with Gasteiger partial charge in [0.1, 0.15) is 0 Å². The van der Waals surface area contributed by atoms with E-state index in [0.29, 0.717) is 18.6 Å². The van der Waals surface area contributed by atoms with Crippen LogP contribution < -0.4 is 10.6 Å². The number of amides is 1. The number of hydrogen-bond acceptors (Lipinski definition) is 2. The Morgan fingerprint density at radius 1 is 1.47 bits per heavy atom. The molecule has 3 nitrogen and oxygen atoms in total. The minimum Gasteiger partial charge on any atom is -0.353 e. The smallest absolute Gasteiger partial charge is 0.234 e. The van der Waals surface area contributed by atoms with Crippen molar-refractivity contribution in [1.82, 2.24) is 10.6 Å². The molecular formula is C12H24N2O. The maximum Gasteiger partial charge on any atom is 0.234 e. The third-order valence-electron chi connectivity index (χ3n) is 3.41. The van der Waals surface area contributed by atoms with E-state index in [1.54, 1.807) is 0 Å². The first kappa shape index (κ1) is 12.5. The summed E-state index contributed by atoms with van der Waals surface area (Å²) in [7, 11) is 0. The van der Waals surface area contributed by atoms with E-state index < -0.39 is 0 Å². The lowest BCUT2D eigenvalue weighted by molar-refractivity contribution is -0.121. The van der Waals surface area contributed by atoms with Crippen LogP contribution >= 0.6 is 0 Å². The van der Waals surface area contributed by atoms with Crippen LogP contribution in [0.4, 0.5) is 0 Å². The minimum absolute atomic E-state index is 0.128. The zero-order valence-electron chi connectivity index (χ0n) is 10.2. The van der Waals surface area contributed by atoms with Crippen LogP contribution in [0.3, 0.4) is 0 Å². The molecule has 0 aromatic rings. The van der Waals surface area contributed by atoms with Gasteiger partial charge in [-0.25, -0.2) is 0 Å². The topological polar surface area (TPSA) is 41.1 Å². The van der Waals surface area contributed by atoms with E-state index in [-0.39, 0.29) is 5.91 Å². The van der Waals surface area contributed by atoms with Crippen molar-refractivity contribution in [3.63, 3.8) is 0 Å². The van der Waals surface area contributed by atoms with Crippen molar-refractivity contribution < 1.29 is 4.79 Å². The first-order valence-corrected chi connectivity index (χ1v) is 6.16. The highest BCUT2D eigenvalue weighted by molar-refractivity contribution is 5.78. The molecule has 3 unspecified atom stereocenters. The standard InChI is InChI=1S/C12H24N2O/c1-4-10(3)14-12(15)8-13-11-7-5-6-9(11)2/h9-11,13H,4-8H2,1-3H3,(H,14,15). The van der Waals surface area contributed by atoms with Gasteiger partial charge < -0.3 is 10.6 Å². The normalized spacial score (nSPS) is 27.7. The van der Waals surface area contributed by atoms with Crippen LogP contribution in [0.25, 0.3) is 0 Å². The molecule has 3 heteroatoms. The second-order valence-electron chi connectivity index (χ2n) is 4.77. The molecule has 3 atom stereocenters. The molecule has 1 saturated carbocycles. The summed E-state index contributed by atoms with van der Waals surface area (Å²) in [6.45, 7) is 6.85. The Balaban J connectivity index is 2.16. The molecule has 1 fully saturated rings. The fourth-order valence-corrected chi connectivity index (χ4v) is 2.10. The van der Waals surface area contributed by atoms with E-state index in [4.69, 9.17) is 0 Å². The molecule has 1 amide bonds. The van der Waals surface area contributed by atoms with E-state index >= 15 is 0 Å². The number of rotatable bonds is 5. The number of hydrogen-bond donors (Lipinski definition) is 2. The Bertz CT molecular complexity index is 206. The van der Waals surface area contributed by atoms with Crippen LogP contribution in [0, 0.1) is 5.92 Å². The van der Waals surface area contributed by atoms with Crippen LogP contribution in [0.5, 0.6) is 0 Å². The van der Waals surface area contributed by atoms with E-state index in [2.05, 4.69) is 24.5 Å². The van der Waals surface area contributed by atoms with Gasteiger partial charge in [0.15, 0.2) is 0 Å². The molecule has 1 rings (SSSR count). The Morgan fingerprint density at radius 3 is 2.73 bits per heavy atom. The van der Waals surface area contributed by atoms with Crippen molar-refractivity contribution in [2.75, 3.05) is 6.54 Å². The lowest BCUT2D eigenvalue weighted by Crippen LogP contribution is -2.42. The summed E-state index contributed by atoms with van der Waals surface area (Å²) in [5.74, 6) is 0.852. The summed E-state index contributed by atoms with van der Waals surface area (Å²) < 4.78 is 0. The first-order valence-electron chi connectivity index (χ1n) is 6.16. The second kappa shape index (κ2) is 6.11. The average Bonchev–Trinajstić information content (AvgIpc) is 2.61. The summed E-state index contributed by atoms with van der Waals surface area (Å²) in [5, 5.41) is 6.32. The van der Waals surface area contributed by atoms with Crippen LogP contribution in [-0.2, 0) is 4.79 Å². The third-order valence-corrected chi connectivity index (χ3v) is 3.41. The molecule has 0 aliphatic heterocycles. The summed E-state index contributed by atoms with van der Waals surface area (Å²) in [4.78, 5) is 11.5. The van der Waals surface area contributed by atoms with Gasteiger partial charge in [-0.05, 0) is 32.1 Å². The fourth-order valence-electron chi connectivity index (χ4n) is 2.10. The van der Waals surface area contributed by atoms with Gasteiger partial charge in [0.2, 0.25) is 5.91 Å². The molecule has 0 aromatic carbocycles.